The molecule has 0 aliphatic rings. The molecule has 0 fully saturated rings. The summed E-state index contributed by atoms with van der Waals surface area (Å²) in [6, 6.07) is 11.2. The van der Waals surface area contributed by atoms with E-state index in [0.29, 0.717) is 6.54 Å². The summed E-state index contributed by atoms with van der Waals surface area (Å²) in [6.45, 7) is 3.22. The Balaban J connectivity index is 1.81. The van der Waals surface area contributed by atoms with E-state index >= 15 is 0 Å². The lowest BCUT2D eigenvalue weighted by Crippen LogP contribution is -2.40. The zero-order valence-electron chi connectivity index (χ0n) is 12.8. The van der Waals surface area contributed by atoms with Gasteiger partial charge in [0.05, 0.1) is 12.6 Å². The molecule has 22 heavy (non-hydrogen) atoms. The first kappa shape index (κ1) is 16.1. The van der Waals surface area contributed by atoms with E-state index in [1.807, 2.05) is 53.4 Å². The summed E-state index contributed by atoms with van der Waals surface area (Å²) in [6.07, 6.45) is 4.87. The van der Waals surface area contributed by atoms with E-state index in [4.69, 9.17) is 0 Å². The van der Waals surface area contributed by atoms with E-state index in [0.717, 1.165) is 18.5 Å². The second-order valence-electron chi connectivity index (χ2n) is 5.15. The van der Waals surface area contributed by atoms with Crippen LogP contribution in [0.5, 0.6) is 0 Å². The molecule has 1 heterocycles. The average Bonchev–Trinajstić information content (AvgIpc) is 3.06. The van der Waals surface area contributed by atoms with Crippen LogP contribution in [0.2, 0.25) is 0 Å². The maximum absolute atomic E-state index is 11.9. The maximum atomic E-state index is 11.9. The van der Waals surface area contributed by atoms with Crippen molar-refractivity contribution in [1.29, 1.82) is 0 Å². The third-order valence-corrected chi connectivity index (χ3v) is 3.60. The summed E-state index contributed by atoms with van der Waals surface area (Å²) >= 11 is 0. The number of nitrogens with zero attached hydrogens (tertiary/aromatic N) is 1. The van der Waals surface area contributed by atoms with Crippen LogP contribution in [-0.2, 0) is 13.0 Å². The zero-order chi connectivity index (χ0) is 15.8. The van der Waals surface area contributed by atoms with Crippen molar-refractivity contribution in [3.63, 3.8) is 0 Å². The fourth-order valence-electron chi connectivity index (χ4n) is 2.25. The second-order valence-corrected chi connectivity index (χ2v) is 5.15. The molecule has 2 rings (SSSR count). The number of aromatic nitrogens is 1. The van der Waals surface area contributed by atoms with Gasteiger partial charge < -0.3 is 20.3 Å². The standard InChI is InChI=1S/C17H23N3O2/c1-2-14-5-7-15(8-6-14)16(13-21)19-17(22)18-9-12-20-10-3-4-11-20/h3-8,10-11,16,21H,2,9,12-13H2,1H3,(H2,18,19,22). The Hall–Kier alpha value is -2.27. The van der Waals surface area contributed by atoms with Crippen LogP contribution in [0.1, 0.15) is 24.1 Å². The van der Waals surface area contributed by atoms with Crippen molar-refractivity contribution in [2.24, 2.45) is 0 Å². The molecule has 0 aliphatic heterocycles. The highest BCUT2D eigenvalue weighted by molar-refractivity contribution is 5.74. The number of aryl methyl sites for hydroxylation is 1. The SMILES string of the molecule is CCc1ccc(C(CO)NC(=O)NCCn2cccc2)cc1. The highest BCUT2D eigenvalue weighted by atomic mass is 16.3. The largest absolute Gasteiger partial charge is 0.394 e. The molecule has 2 aromatic rings. The molecule has 2 amide bonds. The van der Waals surface area contributed by atoms with Crippen LogP contribution in [0, 0.1) is 0 Å². The fourth-order valence-corrected chi connectivity index (χ4v) is 2.25. The summed E-state index contributed by atoms with van der Waals surface area (Å²) in [4.78, 5) is 11.9. The highest BCUT2D eigenvalue weighted by Gasteiger charge is 2.13. The summed E-state index contributed by atoms with van der Waals surface area (Å²) in [5.74, 6) is 0. The van der Waals surface area contributed by atoms with Gasteiger partial charge in [-0.2, -0.15) is 0 Å². The van der Waals surface area contributed by atoms with Gasteiger partial charge in [-0.05, 0) is 29.7 Å². The number of urea groups is 1. The van der Waals surface area contributed by atoms with Gasteiger partial charge in [0.25, 0.3) is 0 Å². The Morgan fingerprint density at radius 2 is 1.91 bits per heavy atom. The van der Waals surface area contributed by atoms with Crippen molar-refractivity contribution in [2.75, 3.05) is 13.2 Å². The molecular formula is C17H23N3O2. The molecule has 1 atom stereocenters. The van der Waals surface area contributed by atoms with Crippen molar-refractivity contribution in [3.8, 4) is 0 Å². The molecule has 0 saturated heterocycles. The van der Waals surface area contributed by atoms with E-state index in [-0.39, 0.29) is 12.6 Å². The van der Waals surface area contributed by atoms with E-state index in [2.05, 4.69) is 17.6 Å². The quantitative estimate of drug-likeness (QED) is 0.733. The highest BCUT2D eigenvalue weighted by Crippen LogP contribution is 2.13. The molecule has 0 aliphatic carbocycles. The van der Waals surface area contributed by atoms with E-state index in [9.17, 15) is 9.90 Å². The second kappa shape index (κ2) is 8.24. The summed E-state index contributed by atoms with van der Waals surface area (Å²) in [7, 11) is 0. The first-order valence-electron chi connectivity index (χ1n) is 7.57. The van der Waals surface area contributed by atoms with Crippen molar-refractivity contribution < 1.29 is 9.90 Å². The maximum Gasteiger partial charge on any atom is 0.315 e. The number of carbonyl (C=O) groups excluding carboxylic acids is 1. The zero-order valence-corrected chi connectivity index (χ0v) is 12.8. The normalized spacial score (nSPS) is 11.9. The smallest absolute Gasteiger partial charge is 0.315 e. The number of aliphatic hydroxyl groups is 1. The lowest BCUT2D eigenvalue weighted by atomic mass is 10.0. The van der Waals surface area contributed by atoms with Gasteiger partial charge in [0.15, 0.2) is 0 Å². The van der Waals surface area contributed by atoms with Gasteiger partial charge in [-0.1, -0.05) is 31.2 Å². The molecule has 5 heteroatoms. The fraction of sp³-hybridized carbons (Fsp3) is 0.353. The Labute approximate surface area is 131 Å². The van der Waals surface area contributed by atoms with Gasteiger partial charge in [-0.15, -0.1) is 0 Å². The Kier molecular flexibility index (Phi) is 6.03. The molecule has 0 bridgehead atoms. The lowest BCUT2D eigenvalue weighted by Gasteiger charge is -2.17. The van der Waals surface area contributed by atoms with Crippen LogP contribution in [0.4, 0.5) is 4.79 Å². The number of benzene rings is 1. The number of hydrogen-bond acceptors (Lipinski definition) is 2. The minimum Gasteiger partial charge on any atom is -0.394 e. The third kappa shape index (κ3) is 4.63. The molecule has 1 aromatic heterocycles. The van der Waals surface area contributed by atoms with Gasteiger partial charge in [0, 0.05) is 25.5 Å². The van der Waals surface area contributed by atoms with Crippen molar-refractivity contribution in [2.45, 2.75) is 25.9 Å². The minimum absolute atomic E-state index is 0.128. The Morgan fingerprint density at radius 1 is 1.23 bits per heavy atom. The summed E-state index contributed by atoms with van der Waals surface area (Å²) in [5, 5.41) is 15.1. The van der Waals surface area contributed by atoms with Crippen molar-refractivity contribution in [3.05, 3.63) is 59.9 Å². The number of hydrogen-bond donors (Lipinski definition) is 3. The summed E-state index contributed by atoms with van der Waals surface area (Å²) in [5.41, 5.74) is 2.14. The van der Waals surface area contributed by atoms with Crippen LogP contribution in [0.15, 0.2) is 48.8 Å². The topological polar surface area (TPSA) is 66.3 Å². The van der Waals surface area contributed by atoms with Gasteiger partial charge >= 0.3 is 6.03 Å². The van der Waals surface area contributed by atoms with Crippen LogP contribution < -0.4 is 10.6 Å². The van der Waals surface area contributed by atoms with Crippen LogP contribution in [-0.4, -0.2) is 28.9 Å². The van der Waals surface area contributed by atoms with Crippen LogP contribution in [0.25, 0.3) is 0 Å². The minimum atomic E-state index is -0.391. The number of nitrogens with one attached hydrogen (secondary N) is 2. The summed E-state index contributed by atoms with van der Waals surface area (Å²) < 4.78 is 1.99. The van der Waals surface area contributed by atoms with Crippen molar-refractivity contribution >= 4 is 6.03 Å². The monoisotopic (exact) mass is 301 g/mol. The first-order chi connectivity index (χ1) is 10.7. The van der Waals surface area contributed by atoms with Gasteiger partial charge in [-0.3, -0.25) is 0 Å². The van der Waals surface area contributed by atoms with Crippen LogP contribution >= 0.6 is 0 Å². The molecule has 1 unspecified atom stereocenters. The number of aliphatic hydroxyl groups excluding tert-OH is 1. The van der Waals surface area contributed by atoms with Crippen molar-refractivity contribution in [1.82, 2.24) is 15.2 Å². The molecular weight excluding hydrogens is 278 g/mol. The predicted octanol–water partition coefficient (Wildman–Crippen LogP) is 2.08. The molecule has 5 nitrogen and oxygen atoms in total. The molecule has 1 aromatic carbocycles. The lowest BCUT2D eigenvalue weighted by molar-refractivity contribution is 0.216. The molecule has 118 valence electrons. The van der Waals surface area contributed by atoms with Gasteiger partial charge in [-0.25, -0.2) is 4.79 Å². The number of amides is 2. The first-order valence-corrected chi connectivity index (χ1v) is 7.57. The predicted molar refractivity (Wildman–Crippen MR) is 86.6 cm³/mol. The number of rotatable bonds is 7. The molecule has 0 radical (unpaired) electrons. The van der Waals surface area contributed by atoms with Gasteiger partial charge in [0.2, 0.25) is 0 Å². The van der Waals surface area contributed by atoms with Crippen LogP contribution in [0.3, 0.4) is 0 Å². The number of carbonyl (C=O) groups is 1. The third-order valence-electron chi connectivity index (χ3n) is 3.60. The molecule has 0 spiro atoms. The van der Waals surface area contributed by atoms with E-state index in [1.165, 1.54) is 5.56 Å². The average molecular weight is 301 g/mol. The Morgan fingerprint density at radius 3 is 2.50 bits per heavy atom. The van der Waals surface area contributed by atoms with Gasteiger partial charge in [0.1, 0.15) is 0 Å². The van der Waals surface area contributed by atoms with E-state index in [1.54, 1.807) is 0 Å². The molecule has 0 saturated carbocycles. The Bertz CT molecular complexity index is 564. The molecule has 3 N–H and O–H groups in total. The van der Waals surface area contributed by atoms with E-state index < -0.39 is 6.04 Å².